The van der Waals surface area contributed by atoms with Crippen LogP contribution in [0.5, 0.6) is 5.75 Å². The number of thiophene rings is 1. The molecule has 0 bridgehead atoms. The van der Waals surface area contributed by atoms with Crippen molar-refractivity contribution in [1.82, 2.24) is 0 Å². The van der Waals surface area contributed by atoms with Gasteiger partial charge in [-0.05, 0) is 29.6 Å². The molecule has 21 heavy (non-hydrogen) atoms. The van der Waals surface area contributed by atoms with Gasteiger partial charge >= 0.3 is 12.1 Å². The molecule has 7 heteroatoms. The van der Waals surface area contributed by atoms with E-state index in [2.05, 4.69) is 0 Å². The fourth-order valence-electron chi connectivity index (χ4n) is 1.73. The van der Waals surface area contributed by atoms with Gasteiger partial charge in [0.25, 0.3) is 0 Å². The molecule has 0 radical (unpaired) electrons. The lowest BCUT2D eigenvalue weighted by Crippen LogP contribution is -2.12. The monoisotopic (exact) mass is 316 g/mol. The minimum atomic E-state index is -4.66. The third-order valence-electron chi connectivity index (χ3n) is 2.72. The highest BCUT2D eigenvalue weighted by atomic mass is 32.1. The van der Waals surface area contributed by atoms with Gasteiger partial charge in [0.05, 0.1) is 17.7 Å². The van der Waals surface area contributed by atoms with E-state index in [1.807, 2.05) is 17.5 Å². The van der Waals surface area contributed by atoms with Crippen molar-refractivity contribution in [3.05, 3.63) is 51.7 Å². The van der Waals surface area contributed by atoms with Crippen LogP contribution in [0.25, 0.3) is 0 Å². The maximum absolute atomic E-state index is 12.9. The number of hydrogen-bond donors (Lipinski definition) is 1. The standard InChI is InChI=1S/C14H11F3O3S/c15-14(16,17)11-8-9(13(18)19)3-4-12(11)20-6-5-10-2-1-7-21-10/h1-4,7-8H,5-6H2,(H,18,19). The van der Waals surface area contributed by atoms with E-state index in [4.69, 9.17) is 9.84 Å². The molecule has 0 atom stereocenters. The van der Waals surface area contributed by atoms with Crippen LogP contribution in [0.3, 0.4) is 0 Å². The summed E-state index contributed by atoms with van der Waals surface area (Å²) >= 11 is 1.49. The van der Waals surface area contributed by atoms with Gasteiger partial charge in [0.2, 0.25) is 0 Å². The number of halogens is 3. The first-order valence-electron chi connectivity index (χ1n) is 5.97. The van der Waals surface area contributed by atoms with Crippen molar-refractivity contribution >= 4 is 17.3 Å². The summed E-state index contributed by atoms with van der Waals surface area (Å²) in [4.78, 5) is 11.8. The number of carboxylic acid groups (broad SMARTS) is 1. The summed E-state index contributed by atoms with van der Waals surface area (Å²) in [6.45, 7) is 0.0933. The van der Waals surface area contributed by atoms with E-state index in [9.17, 15) is 18.0 Å². The maximum atomic E-state index is 12.9. The lowest BCUT2D eigenvalue weighted by molar-refractivity contribution is -0.138. The summed E-state index contributed by atoms with van der Waals surface area (Å²) in [5, 5.41) is 10.6. The number of ether oxygens (including phenoxy) is 1. The Hall–Kier alpha value is -2.02. The molecule has 0 saturated heterocycles. The molecule has 2 aromatic rings. The summed E-state index contributed by atoms with van der Waals surface area (Å²) in [5.74, 6) is -1.77. The molecule has 1 aromatic carbocycles. The van der Waals surface area contributed by atoms with Crippen LogP contribution < -0.4 is 4.74 Å². The topological polar surface area (TPSA) is 46.5 Å². The van der Waals surface area contributed by atoms with E-state index in [1.54, 1.807) is 0 Å². The molecule has 0 fully saturated rings. The predicted molar refractivity (Wildman–Crippen MR) is 71.9 cm³/mol. The van der Waals surface area contributed by atoms with Gasteiger partial charge in [-0.3, -0.25) is 0 Å². The number of benzene rings is 1. The first kappa shape index (κ1) is 15.4. The zero-order valence-corrected chi connectivity index (χ0v) is 11.5. The van der Waals surface area contributed by atoms with Crippen LogP contribution >= 0.6 is 11.3 Å². The van der Waals surface area contributed by atoms with Crippen molar-refractivity contribution in [2.24, 2.45) is 0 Å². The van der Waals surface area contributed by atoms with E-state index < -0.39 is 23.3 Å². The van der Waals surface area contributed by atoms with Crippen molar-refractivity contribution in [1.29, 1.82) is 0 Å². The summed E-state index contributed by atoms with van der Waals surface area (Å²) in [6.07, 6.45) is -4.17. The highest BCUT2D eigenvalue weighted by Gasteiger charge is 2.35. The van der Waals surface area contributed by atoms with E-state index >= 15 is 0 Å². The lowest BCUT2D eigenvalue weighted by Gasteiger charge is -2.14. The SMILES string of the molecule is O=C(O)c1ccc(OCCc2cccs2)c(C(F)(F)F)c1. The van der Waals surface area contributed by atoms with Gasteiger partial charge < -0.3 is 9.84 Å². The highest BCUT2D eigenvalue weighted by molar-refractivity contribution is 7.09. The van der Waals surface area contributed by atoms with Crippen LogP contribution in [0.2, 0.25) is 0 Å². The second-order valence-corrected chi connectivity index (χ2v) is 5.22. The predicted octanol–water partition coefficient (Wildman–Crippen LogP) is 4.09. The van der Waals surface area contributed by atoms with E-state index in [0.717, 1.165) is 17.0 Å². The molecule has 0 aliphatic carbocycles. The minimum Gasteiger partial charge on any atom is -0.493 e. The normalized spacial score (nSPS) is 11.4. The Morgan fingerprint density at radius 2 is 2.05 bits per heavy atom. The Bertz CT molecular complexity index is 621. The average molecular weight is 316 g/mol. The summed E-state index contributed by atoms with van der Waals surface area (Å²) in [5.41, 5.74) is -1.50. The van der Waals surface area contributed by atoms with Gasteiger partial charge in [0, 0.05) is 11.3 Å². The molecule has 0 aliphatic rings. The molecular formula is C14H11F3O3S. The van der Waals surface area contributed by atoms with Gasteiger partial charge in [0.15, 0.2) is 0 Å². The second kappa shape index (κ2) is 6.17. The van der Waals surface area contributed by atoms with Crippen molar-refractivity contribution in [2.75, 3.05) is 6.61 Å². The summed E-state index contributed by atoms with van der Waals surface area (Å²) in [6, 6.07) is 6.44. The molecule has 1 N–H and O–H groups in total. The Balaban J connectivity index is 2.16. The highest BCUT2D eigenvalue weighted by Crippen LogP contribution is 2.37. The first-order valence-corrected chi connectivity index (χ1v) is 6.85. The summed E-state index contributed by atoms with van der Waals surface area (Å²) < 4.78 is 43.9. The molecule has 1 heterocycles. The third kappa shape index (κ3) is 3.98. The van der Waals surface area contributed by atoms with Gasteiger partial charge in [-0.1, -0.05) is 6.07 Å². The smallest absolute Gasteiger partial charge is 0.419 e. The zero-order valence-electron chi connectivity index (χ0n) is 10.7. The van der Waals surface area contributed by atoms with Crippen molar-refractivity contribution in [3.8, 4) is 5.75 Å². The number of carbonyl (C=O) groups is 1. The van der Waals surface area contributed by atoms with Crippen LogP contribution in [0.1, 0.15) is 20.8 Å². The summed E-state index contributed by atoms with van der Waals surface area (Å²) in [7, 11) is 0. The zero-order chi connectivity index (χ0) is 15.5. The minimum absolute atomic E-state index is 0.0933. The van der Waals surface area contributed by atoms with Crippen LogP contribution in [0.15, 0.2) is 35.7 Å². The number of carboxylic acids is 1. The van der Waals surface area contributed by atoms with E-state index in [0.29, 0.717) is 12.5 Å². The van der Waals surface area contributed by atoms with E-state index in [-0.39, 0.29) is 12.4 Å². The second-order valence-electron chi connectivity index (χ2n) is 4.19. The Labute approximate surface area is 122 Å². The van der Waals surface area contributed by atoms with E-state index in [1.165, 1.54) is 11.3 Å². The van der Waals surface area contributed by atoms with Gasteiger partial charge in [-0.25, -0.2) is 4.79 Å². The fraction of sp³-hybridized carbons (Fsp3) is 0.214. The molecule has 3 nitrogen and oxygen atoms in total. The van der Waals surface area contributed by atoms with Crippen LogP contribution in [-0.4, -0.2) is 17.7 Å². The van der Waals surface area contributed by atoms with Crippen LogP contribution in [0.4, 0.5) is 13.2 Å². The number of alkyl halides is 3. The molecule has 112 valence electrons. The molecule has 0 saturated carbocycles. The Morgan fingerprint density at radius 3 is 2.62 bits per heavy atom. The number of hydrogen-bond acceptors (Lipinski definition) is 3. The number of aromatic carboxylic acids is 1. The number of rotatable bonds is 5. The van der Waals surface area contributed by atoms with Crippen LogP contribution in [0, 0.1) is 0 Å². The third-order valence-corrected chi connectivity index (χ3v) is 3.65. The van der Waals surface area contributed by atoms with Gasteiger partial charge in [-0.2, -0.15) is 13.2 Å². The quantitative estimate of drug-likeness (QED) is 0.904. The van der Waals surface area contributed by atoms with Crippen molar-refractivity contribution in [2.45, 2.75) is 12.6 Å². The fourth-order valence-corrected chi connectivity index (χ4v) is 2.42. The molecule has 0 unspecified atom stereocenters. The van der Waals surface area contributed by atoms with Crippen molar-refractivity contribution < 1.29 is 27.8 Å². The molecule has 0 aliphatic heterocycles. The molecule has 0 amide bonds. The molecule has 0 spiro atoms. The lowest BCUT2D eigenvalue weighted by atomic mass is 10.1. The molecule has 1 aromatic heterocycles. The Kier molecular flexibility index (Phi) is 4.52. The maximum Gasteiger partial charge on any atom is 0.419 e. The molecule has 2 rings (SSSR count). The van der Waals surface area contributed by atoms with Gasteiger partial charge in [-0.15, -0.1) is 11.3 Å². The van der Waals surface area contributed by atoms with Crippen LogP contribution in [-0.2, 0) is 12.6 Å². The largest absolute Gasteiger partial charge is 0.493 e. The molecular weight excluding hydrogens is 305 g/mol. The first-order chi connectivity index (χ1) is 9.88. The average Bonchev–Trinajstić information content (AvgIpc) is 2.90. The van der Waals surface area contributed by atoms with Crippen molar-refractivity contribution in [3.63, 3.8) is 0 Å². The Morgan fingerprint density at radius 1 is 1.29 bits per heavy atom. The van der Waals surface area contributed by atoms with Gasteiger partial charge in [0.1, 0.15) is 5.75 Å².